The summed E-state index contributed by atoms with van der Waals surface area (Å²) in [7, 11) is 0. The molecule has 0 spiro atoms. The smallest absolute Gasteiger partial charge is 0.262 e. The van der Waals surface area contributed by atoms with E-state index in [2.05, 4.69) is 5.32 Å². The number of halogens is 1. The van der Waals surface area contributed by atoms with Crippen molar-refractivity contribution >= 4 is 23.2 Å². The minimum absolute atomic E-state index is 0.0510. The maximum atomic E-state index is 11.7. The zero-order valence-electron chi connectivity index (χ0n) is 10.8. The Kier molecular flexibility index (Phi) is 4.98. The Balaban J connectivity index is 1.83. The minimum Gasteiger partial charge on any atom is -0.484 e. The first-order valence-electron chi connectivity index (χ1n) is 6.14. The van der Waals surface area contributed by atoms with Crippen molar-refractivity contribution in [1.82, 2.24) is 0 Å². The van der Waals surface area contributed by atoms with E-state index < -0.39 is 0 Å². The van der Waals surface area contributed by atoms with Crippen LogP contribution in [0.1, 0.15) is 5.56 Å². The molecule has 0 radical (unpaired) electrons. The number of amides is 1. The van der Waals surface area contributed by atoms with Gasteiger partial charge in [-0.25, -0.2) is 0 Å². The van der Waals surface area contributed by atoms with Crippen molar-refractivity contribution in [2.75, 3.05) is 11.9 Å². The molecule has 0 bridgehead atoms. The lowest BCUT2D eigenvalue weighted by Gasteiger charge is -2.08. The van der Waals surface area contributed by atoms with E-state index in [1.807, 2.05) is 12.1 Å². The second-order valence-electron chi connectivity index (χ2n) is 4.19. The number of carbonyl (C=O) groups excluding carboxylic acids is 1. The third kappa shape index (κ3) is 4.26. The number of nitrogens with two attached hydrogens (primary N) is 1. The van der Waals surface area contributed by atoms with E-state index in [-0.39, 0.29) is 12.5 Å². The van der Waals surface area contributed by atoms with Gasteiger partial charge in [0.05, 0.1) is 0 Å². The van der Waals surface area contributed by atoms with Crippen molar-refractivity contribution in [3.8, 4) is 5.75 Å². The molecule has 0 saturated carbocycles. The molecule has 2 rings (SSSR count). The van der Waals surface area contributed by atoms with Crippen molar-refractivity contribution in [1.29, 1.82) is 0 Å². The van der Waals surface area contributed by atoms with Gasteiger partial charge in [-0.05, 0) is 42.0 Å². The molecule has 2 aromatic carbocycles. The Morgan fingerprint density at radius 3 is 2.35 bits per heavy atom. The quantitative estimate of drug-likeness (QED) is 0.890. The lowest BCUT2D eigenvalue weighted by Crippen LogP contribution is -2.20. The number of hydrogen-bond donors (Lipinski definition) is 2. The van der Waals surface area contributed by atoms with Gasteiger partial charge in [-0.15, -0.1) is 0 Å². The first-order chi connectivity index (χ1) is 9.67. The molecule has 0 saturated heterocycles. The monoisotopic (exact) mass is 290 g/mol. The normalized spacial score (nSPS) is 10.1. The molecule has 0 aliphatic rings. The summed E-state index contributed by atoms with van der Waals surface area (Å²) in [5, 5.41) is 3.34. The van der Waals surface area contributed by atoms with Gasteiger partial charge in [-0.3, -0.25) is 4.79 Å². The Morgan fingerprint density at radius 2 is 1.75 bits per heavy atom. The van der Waals surface area contributed by atoms with E-state index in [1.165, 1.54) is 0 Å². The van der Waals surface area contributed by atoms with E-state index in [0.29, 0.717) is 23.0 Å². The summed E-state index contributed by atoms with van der Waals surface area (Å²) in [5.74, 6) is 0.406. The van der Waals surface area contributed by atoms with Crippen LogP contribution in [0.2, 0.25) is 5.02 Å². The molecule has 4 nitrogen and oxygen atoms in total. The lowest BCUT2D eigenvalue weighted by atomic mass is 10.2. The second-order valence-corrected chi connectivity index (χ2v) is 4.63. The fourth-order valence-corrected chi connectivity index (χ4v) is 1.73. The van der Waals surface area contributed by atoms with Crippen LogP contribution in [0.4, 0.5) is 5.69 Å². The van der Waals surface area contributed by atoms with Gasteiger partial charge in [0, 0.05) is 17.3 Å². The number of rotatable bonds is 5. The van der Waals surface area contributed by atoms with E-state index >= 15 is 0 Å². The van der Waals surface area contributed by atoms with Gasteiger partial charge in [0.15, 0.2) is 6.61 Å². The van der Waals surface area contributed by atoms with Crippen molar-refractivity contribution in [2.45, 2.75) is 6.54 Å². The summed E-state index contributed by atoms with van der Waals surface area (Å²) in [6.07, 6.45) is 0. The molecule has 2 aromatic rings. The number of nitrogens with one attached hydrogen (secondary N) is 1. The van der Waals surface area contributed by atoms with Gasteiger partial charge in [0.2, 0.25) is 0 Å². The Bertz CT molecular complexity index is 567. The zero-order valence-corrected chi connectivity index (χ0v) is 11.6. The van der Waals surface area contributed by atoms with E-state index in [0.717, 1.165) is 5.56 Å². The van der Waals surface area contributed by atoms with Gasteiger partial charge >= 0.3 is 0 Å². The highest BCUT2D eigenvalue weighted by Crippen LogP contribution is 2.14. The number of carbonyl (C=O) groups is 1. The molecular weight excluding hydrogens is 276 g/mol. The summed E-state index contributed by atoms with van der Waals surface area (Å²) in [4.78, 5) is 11.7. The van der Waals surface area contributed by atoms with Gasteiger partial charge in [-0.2, -0.15) is 0 Å². The Hall–Kier alpha value is -2.04. The van der Waals surface area contributed by atoms with Crippen LogP contribution >= 0.6 is 11.6 Å². The zero-order chi connectivity index (χ0) is 14.4. The predicted octanol–water partition coefficient (Wildman–Crippen LogP) is 2.82. The summed E-state index contributed by atoms with van der Waals surface area (Å²) in [6, 6.07) is 14.2. The predicted molar refractivity (Wildman–Crippen MR) is 79.9 cm³/mol. The molecule has 104 valence electrons. The molecular formula is C15H15ClN2O2. The van der Waals surface area contributed by atoms with Gasteiger partial charge < -0.3 is 15.8 Å². The van der Waals surface area contributed by atoms with Crippen LogP contribution in [-0.2, 0) is 11.3 Å². The summed E-state index contributed by atoms with van der Waals surface area (Å²) in [5.41, 5.74) is 7.20. The number of hydrogen-bond acceptors (Lipinski definition) is 3. The van der Waals surface area contributed by atoms with Crippen LogP contribution in [0.5, 0.6) is 5.75 Å². The van der Waals surface area contributed by atoms with Gasteiger partial charge in [0.25, 0.3) is 5.91 Å². The molecule has 0 heterocycles. The van der Waals surface area contributed by atoms with E-state index in [4.69, 9.17) is 22.1 Å². The first-order valence-corrected chi connectivity index (χ1v) is 6.52. The average molecular weight is 291 g/mol. The molecule has 3 N–H and O–H groups in total. The molecule has 0 unspecified atom stereocenters. The summed E-state index contributed by atoms with van der Waals surface area (Å²) < 4.78 is 5.38. The fourth-order valence-electron chi connectivity index (χ4n) is 1.60. The number of anilines is 1. The molecule has 0 aromatic heterocycles. The molecule has 0 fully saturated rings. The first kappa shape index (κ1) is 14.4. The maximum Gasteiger partial charge on any atom is 0.262 e. The largest absolute Gasteiger partial charge is 0.484 e. The summed E-state index contributed by atoms with van der Waals surface area (Å²) in [6.45, 7) is 0.432. The number of ether oxygens (including phenoxy) is 1. The van der Waals surface area contributed by atoms with Crippen LogP contribution < -0.4 is 15.8 Å². The van der Waals surface area contributed by atoms with Crippen LogP contribution in [0.25, 0.3) is 0 Å². The second kappa shape index (κ2) is 6.93. The fraction of sp³-hybridized carbons (Fsp3) is 0.133. The SMILES string of the molecule is NCc1ccc(OCC(=O)Nc2ccc(Cl)cc2)cc1. The van der Waals surface area contributed by atoms with Crippen LogP contribution in [-0.4, -0.2) is 12.5 Å². The maximum absolute atomic E-state index is 11.7. The van der Waals surface area contributed by atoms with Gasteiger partial charge in [0.1, 0.15) is 5.75 Å². The van der Waals surface area contributed by atoms with Crippen LogP contribution in [0.15, 0.2) is 48.5 Å². The third-order valence-electron chi connectivity index (χ3n) is 2.66. The average Bonchev–Trinajstić information content (AvgIpc) is 2.48. The third-order valence-corrected chi connectivity index (χ3v) is 2.91. The topological polar surface area (TPSA) is 64.3 Å². The highest BCUT2D eigenvalue weighted by Gasteiger charge is 2.03. The van der Waals surface area contributed by atoms with Crippen molar-refractivity contribution in [3.63, 3.8) is 0 Å². The van der Waals surface area contributed by atoms with Gasteiger partial charge in [-0.1, -0.05) is 23.7 Å². The highest BCUT2D eigenvalue weighted by molar-refractivity contribution is 6.30. The molecule has 0 atom stereocenters. The molecule has 5 heteroatoms. The van der Waals surface area contributed by atoms with Crippen molar-refractivity contribution < 1.29 is 9.53 Å². The molecule has 0 aliphatic heterocycles. The van der Waals surface area contributed by atoms with Crippen LogP contribution in [0, 0.1) is 0 Å². The van der Waals surface area contributed by atoms with Crippen molar-refractivity contribution in [3.05, 3.63) is 59.1 Å². The lowest BCUT2D eigenvalue weighted by molar-refractivity contribution is -0.118. The molecule has 0 aliphatic carbocycles. The Labute approximate surface area is 122 Å². The minimum atomic E-state index is -0.227. The van der Waals surface area contributed by atoms with Crippen molar-refractivity contribution in [2.24, 2.45) is 5.73 Å². The summed E-state index contributed by atoms with van der Waals surface area (Å²) >= 11 is 5.77. The van der Waals surface area contributed by atoms with E-state index in [9.17, 15) is 4.79 Å². The molecule has 20 heavy (non-hydrogen) atoms. The van der Waals surface area contributed by atoms with E-state index in [1.54, 1.807) is 36.4 Å². The molecule has 1 amide bonds. The highest BCUT2D eigenvalue weighted by atomic mass is 35.5. The Morgan fingerprint density at radius 1 is 1.10 bits per heavy atom. The standard InChI is InChI=1S/C15H15ClN2O2/c16-12-3-5-13(6-4-12)18-15(19)10-20-14-7-1-11(9-17)2-8-14/h1-8H,9-10,17H2,(H,18,19). The van der Waals surface area contributed by atoms with Crippen LogP contribution in [0.3, 0.4) is 0 Å². The number of benzene rings is 2.